The molecule has 1 saturated heterocycles. The Bertz CT molecular complexity index is 1150. The predicted octanol–water partition coefficient (Wildman–Crippen LogP) is 3.47. The van der Waals surface area contributed by atoms with E-state index < -0.39 is 11.0 Å². The summed E-state index contributed by atoms with van der Waals surface area (Å²) in [4.78, 5) is 27.0. The van der Waals surface area contributed by atoms with Gasteiger partial charge in [-0.1, -0.05) is 54.1 Å². The van der Waals surface area contributed by atoms with Gasteiger partial charge in [-0.25, -0.2) is 4.39 Å². The number of nitro groups is 1. The highest BCUT2D eigenvalue weighted by molar-refractivity contribution is 6.32. The van der Waals surface area contributed by atoms with Crippen molar-refractivity contribution in [3.8, 4) is 0 Å². The molecule has 0 spiro atoms. The van der Waals surface area contributed by atoms with E-state index >= 15 is 0 Å². The molecule has 2 N–H and O–H groups in total. The highest BCUT2D eigenvalue weighted by atomic mass is 35.5. The first kappa shape index (κ1) is 22.7. The number of hydrogen-bond donors (Lipinski definition) is 2. The van der Waals surface area contributed by atoms with Crippen LogP contribution in [0.4, 0.5) is 21.5 Å². The lowest BCUT2D eigenvalue weighted by molar-refractivity contribution is -0.922. The smallest absolute Gasteiger partial charge is 0.289 e. The average molecular weight is 470 g/mol. The average Bonchev–Trinajstić information content (AvgIpc) is 2.82. The van der Waals surface area contributed by atoms with E-state index in [0.29, 0.717) is 37.6 Å². The van der Waals surface area contributed by atoms with Gasteiger partial charge in [0, 0.05) is 17.3 Å². The number of rotatable bonds is 6. The number of nitro benzene ring substituents is 1. The minimum Gasteiger partial charge on any atom is -0.358 e. The number of halogens is 2. The van der Waals surface area contributed by atoms with Gasteiger partial charge in [-0.3, -0.25) is 14.9 Å². The molecular formula is C24H23ClFN4O3+. The SMILES string of the molecule is O=C(Nc1ccc(Cl)c([N+](=O)[O-])c1)[C@@H](c1ccccc1)[NH+]1CCN(c2ccccc2F)CC1. The standard InChI is InChI=1S/C24H22ClFN4O3/c25-19-11-10-18(16-22(19)30(32)33)27-24(31)23(17-6-2-1-3-7-17)29-14-12-28(13-15-29)21-9-5-4-8-20(21)26/h1-11,16,23H,12-15H2,(H,27,31)/p+1/t23-/m1/s1. The predicted molar refractivity (Wildman–Crippen MR) is 125 cm³/mol. The third-order valence-electron chi connectivity index (χ3n) is 5.81. The van der Waals surface area contributed by atoms with E-state index in [1.165, 1.54) is 18.2 Å². The maximum absolute atomic E-state index is 14.2. The van der Waals surface area contributed by atoms with Crippen LogP contribution in [0.1, 0.15) is 11.6 Å². The Hall–Kier alpha value is -3.49. The zero-order valence-corrected chi connectivity index (χ0v) is 18.5. The Morgan fingerprint density at radius 1 is 1.06 bits per heavy atom. The zero-order valence-electron chi connectivity index (χ0n) is 17.7. The molecule has 1 amide bonds. The van der Waals surface area contributed by atoms with Crippen molar-refractivity contribution < 1.29 is 19.0 Å². The van der Waals surface area contributed by atoms with Crippen molar-refractivity contribution in [2.75, 3.05) is 36.4 Å². The topological polar surface area (TPSA) is 79.9 Å². The Labute approximate surface area is 195 Å². The lowest BCUT2D eigenvalue weighted by Crippen LogP contribution is -3.16. The summed E-state index contributed by atoms with van der Waals surface area (Å²) in [6.07, 6.45) is 0. The molecule has 1 fully saturated rings. The Morgan fingerprint density at radius 3 is 2.39 bits per heavy atom. The minimum atomic E-state index is -0.583. The van der Waals surface area contributed by atoms with Crippen LogP contribution in [0.15, 0.2) is 72.8 Å². The third-order valence-corrected chi connectivity index (χ3v) is 6.13. The maximum atomic E-state index is 14.2. The highest BCUT2D eigenvalue weighted by Crippen LogP contribution is 2.28. The Morgan fingerprint density at radius 2 is 1.73 bits per heavy atom. The fraction of sp³-hybridized carbons (Fsp3) is 0.208. The molecule has 7 nitrogen and oxygen atoms in total. The van der Waals surface area contributed by atoms with Crippen LogP contribution in [-0.2, 0) is 4.79 Å². The van der Waals surface area contributed by atoms with Crippen LogP contribution in [0.2, 0.25) is 5.02 Å². The molecule has 0 saturated carbocycles. The van der Waals surface area contributed by atoms with Crippen molar-refractivity contribution >= 4 is 34.6 Å². The maximum Gasteiger partial charge on any atom is 0.289 e. The van der Waals surface area contributed by atoms with E-state index in [0.717, 1.165) is 10.5 Å². The van der Waals surface area contributed by atoms with Crippen LogP contribution >= 0.6 is 11.6 Å². The van der Waals surface area contributed by atoms with E-state index in [-0.39, 0.29) is 22.4 Å². The third kappa shape index (κ3) is 5.13. The fourth-order valence-corrected chi connectivity index (χ4v) is 4.38. The fourth-order valence-electron chi connectivity index (χ4n) is 4.19. The molecule has 1 aliphatic rings. The van der Waals surface area contributed by atoms with Crippen molar-refractivity contribution in [1.82, 2.24) is 0 Å². The van der Waals surface area contributed by atoms with Crippen LogP contribution in [0.5, 0.6) is 0 Å². The Kier molecular flexibility index (Phi) is 6.86. The monoisotopic (exact) mass is 469 g/mol. The van der Waals surface area contributed by atoms with Gasteiger partial charge in [0.2, 0.25) is 0 Å². The molecule has 3 aromatic carbocycles. The van der Waals surface area contributed by atoms with Crippen molar-refractivity contribution in [2.24, 2.45) is 0 Å². The van der Waals surface area contributed by atoms with E-state index in [9.17, 15) is 19.3 Å². The molecule has 9 heteroatoms. The largest absolute Gasteiger partial charge is 0.358 e. The first-order valence-corrected chi connectivity index (χ1v) is 11.0. The molecule has 1 aliphatic heterocycles. The molecule has 1 atom stereocenters. The summed E-state index contributed by atoms with van der Waals surface area (Å²) in [5.74, 6) is -0.533. The molecule has 0 aliphatic carbocycles. The summed E-state index contributed by atoms with van der Waals surface area (Å²) >= 11 is 5.89. The van der Waals surface area contributed by atoms with Crippen molar-refractivity contribution in [3.63, 3.8) is 0 Å². The van der Waals surface area contributed by atoms with Crippen molar-refractivity contribution in [2.45, 2.75) is 6.04 Å². The lowest BCUT2D eigenvalue weighted by Gasteiger charge is -2.37. The number of carbonyl (C=O) groups is 1. The number of nitrogens with one attached hydrogen (secondary N) is 2. The number of carbonyl (C=O) groups excluding carboxylic acids is 1. The van der Waals surface area contributed by atoms with Gasteiger partial charge in [-0.2, -0.15) is 0 Å². The van der Waals surface area contributed by atoms with Gasteiger partial charge >= 0.3 is 0 Å². The number of para-hydroxylation sites is 1. The molecule has 4 rings (SSSR count). The summed E-state index contributed by atoms with van der Waals surface area (Å²) in [5, 5.41) is 14.0. The van der Waals surface area contributed by atoms with Crippen LogP contribution in [0.25, 0.3) is 0 Å². The number of benzene rings is 3. The Balaban J connectivity index is 1.54. The molecule has 0 bridgehead atoms. The molecule has 0 unspecified atom stereocenters. The first-order chi connectivity index (χ1) is 15.9. The molecule has 33 heavy (non-hydrogen) atoms. The van der Waals surface area contributed by atoms with Crippen molar-refractivity contribution in [1.29, 1.82) is 0 Å². The highest BCUT2D eigenvalue weighted by Gasteiger charge is 2.35. The van der Waals surface area contributed by atoms with Crippen LogP contribution < -0.4 is 15.1 Å². The summed E-state index contributed by atoms with van der Waals surface area (Å²) < 4.78 is 14.2. The number of quaternary nitrogens is 1. The normalized spacial score (nSPS) is 15.2. The van der Waals surface area contributed by atoms with Crippen molar-refractivity contribution in [3.05, 3.63) is 99.3 Å². The number of hydrogen-bond acceptors (Lipinski definition) is 4. The molecule has 0 radical (unpaired) electrons. The molecule has 170 valence electrons. The van der Waals surface area contributed by atoms with E-state index in [1.807, 2.05) is 41.3 Å². The zero-order chi connectivity index (χ0) is 23.4. The number of amides is 1. The van der Waals surface area contributed by atoms with Gasteiger partial charge in [-0.15, -0.1) is 0 Å². The van der Waals surface area contributed by atoms with Gasteiger partial charge < -0.3 is 15.1 Å². The molecule has 1 heterocycles. The summed E-state index contributed by atoms with van der Waals surface area (Å²) in [6, 6.07) is 19.8. The van der Waals surface area contributed by atoms with Crippen LogP contribution in [0, 0.1) is 15.9 Å². The summed E-state index contributed by atoms with van der Waals surface area (Å²) in [7, 11) is 0. The summed E-state index contributed by atoms with van der Waals surface area (Å²) in [6.45, 7) is 2.45. The first-order valence-electron chi connectivity index (χ1n) is 10.6. The quantitative estimate of drug-likeness (QED) is 0.428. The molecular weight excluding hydrogens is 447 g/mol. The number of anilines is 2. The van der Waals surface area contributed by atoms with Gasteiger partial charge in [0.1, 0.15) is 10.8 Å². The van der Waals surface area contributed by atoms with Crippen LogP contribution in [0.3, 0.4) is 0 Å². The van der Waals surface area contributed by atoms with Gasteiger partial charge in [-0.05, 0) is 24.3 Å². The summed E-state index contributed by atoms with van der Waals surface area (Å²) in [5.41, 5.74) is 1.44. The van der Waals surface area contributed by atoms with Gasteiger partial charge in [0.25, 0.3) is 11.6 Å². The van der Waals surface area contributed by atoms with Gasteiger partial charge in [0.15, 0.2) is 6.04 Å². The number of piperazine rings is 1. The van der Waals surface area contributed by atoms with E-state index in [1.54, 1.807) is 18.2 Å². The lowest BCUT2D eigenvalue weighted by atomic mass is 10.0. The van der Waals surface area contributed by atoms with Gasteiger partial charge in [0.05, 0.1) is 36.8 Å². The van der Waals surface area contributed by atoms with E-state index in [4.69, 9.17) is 11.6 Å². The van der Waals surface area contributed by atoms with Crippen LogP contribution in [-0.4, -0.2) is 37.0 Å². The molecule has 0 aromatic heterocycles. The van der Waals surface area contributed by atoms with E-state index in [2.05, 4.69) is 5.32 Å². The second-order valence-corrected chi connectivity index (χ2v) is 8.26. The second-order valence-electron chi connectivity index (χ2n) is 7.85. The second kappa shape index (κ2) is 9.97. The minimum absolute atomic E-state index is 0.00694. The number of nitrogens with zero attached hydrogens (tertiary/aromatic N) is 2. The molecule has 3 aromatic rings.